The predicted molar refractivity (Wildman–Crippen MR) is 80.4 cm³/mol. The third-order valence-corrected chi connectivity index (χ3v) is 4.19. The standard InChI is InChI=1S/C17H26FNO/c1-3-4-5-6-7-10-17(2)12-15(19)14-11-13(18)8-9-16(14)20-17/h8-9,11,15H,3-7,10,12,19H2,1-2H3/t15-,17?/m1/s1. The Morgan fingerprint density at radius 1 is 1.30 bits per heavy atom. The third kappa shape index (κ3) is 3.72. The van der Waals surface area contributed by atoms with Crippen molar-refractivity contribution in [2.75, 3.05) is 0 Å². The number of halogens is 1. The second kappa shape index (κ2) is 6.57. The number of benzene rings is 1. The minimum absolute atomic E-state index is 0.130. The molecule has 0 aromatic heterocycles. The Morgan fingerprint density at radius 3 is 2.80 bits per heavy atom. The minimum atomic E-state index is -0.244. The average molecular weight is 279 g/mol. The average Bonchev–Trinajstić information content (AvgIpc) is 2.39. The van der Waals surface area contributed by atoms with Crippen molar-refractivity contribution in [1.29, 1.82) is 0 Å². The normalized spacial score (nSPS) is 25.1. The van der Waals surface area contributed by atoms with Crippen LogP contribution < -0.4 is 10.5 Å². The van der Waals surface area contributed by atoms with Crippen molar-refractivity contribution in [3.63, 3.8) is 0 Å². The van der Waals surface area contributed by atoms with Crippen LogP contribution in [0.15, 0.2) is 18.2 Å². The van der Waals surface area contributed by atoms with E-state index >= 15 is 0 Å². The molecule has 1 unspecified atom stereocenters. The molecule has 1 aromatic rings. The summed E-state index contributed by atoms with van der Waals surface area (Å²) >= 11 is 0. The molecule has 0 saturated heterocycles. The molecule has 2 atom stereocenters. The molecule has 0 radical (unpaired) electrons. The van der Waals surface area contributed by atoms with Gasteiger partial charge in [-0.05, 0) is 38.0 Å². The highest BCUT2D eigenvalue weighted by atomic mass is 19.1. The Labute approximate surface area is 121 Å². The molecule has 3 heteroatoms. The molecule has 0 bridgehead atoms. The quantitative estimate of drug-likeness (QED) is 0.764. The van der Waals surface area contributed by atoms with Crippen LogP contribution in [0.3, 0.4) is 0 Å². The number of hydrogen-bond acceptors (Lipinski definition) is 2. The van der Waals surface area contributed by atoms with Crippen LogP contribution in [0.2, 0.25) is 0 Å². The Balaban J connectivity index is 1.96. The zero-order valence-corrected chi connectivity index (χ0v) is 12.6. The molecule has 2 N–H and O–H groups in total. The predicted octanol–water partition coefficient (Wildman–Crippen LogP) is 4.73. The maximum Gasteiger partial charge on any atom is 0.125 e. The van der Waals surface area contributed by atoms with Gasteiger partial charge in [0.2, 0.25) is 0 Å². The zero-order chi connectivity index (χ0) is 14.6. The molecule has 0 aliphatic carbocycles. The summed E-state index contributed by atoms with van der Waals surface area (Å²) in [5.41, 5.74) is 6.78. The van der Waals surface area contributed by atoms with E-state index in [0.717, 1.165) is 24.2 Å². The third-order valence-electron chi connectivity index (χ3n) is 4.19. The van der Waals surface area contributed by atoms with E-state index in [1.165, 1.54) is 44.2 Å². The monoisotopic (exact) mass is 279 g/mol. The molecule has 1 aliphatic rings. The first kappa shape index (κ1) is 15.3. The first-order valence-electron chi connectivity index (χ1n) is 7.78. The van der Waals surface area contributed by atoms with E-state index in [0.29, 0.717) is 0 Å². The molecule has 0 fully saturated rings. The van der Waals surface area contributed by atoms with E-state index in [1.807, 2.05) is 0 Å². The lowest BCUT2D eigenvalue weighted by Crippen LogP contribution is -2.40. The zero-order valence-electron chi connectivity index (χ0n) is 12.6. The van der Waals surface area contributed by atoms with Gasteiger partial charge in [-0.15, -0.1) is 0 Å². The van der Waals surface area contributed by atoms with Gasteiger partial charge in [0, 0.05) is 18.0 Å². The molecule has 20 heavy (non-hydrogen) atoms. The molecule has 0 spiro atoms. The van der Waals surface area contributed by atoms with E-state index < -0.39 is 0 Å². The fourth-order valence-corrected chi connectivity index (χ4v) is 3.04. The van der Waals surface area contributed by atoms with Gasteiger partial charge in [0.05, 0.1) is 0 Å². The number of fused-ring (bicyclic) bond motifs is 1. The van der Waals surface area contributed by atoms with E-state index in [-0.39, 0.29) is 17.5 Å². The van der Waals surface area contributed by atoms with Crippen LogP contribution in [0.4, 0.5) is 4.39 Å². The summed E-state index contributed by atoms with van der Waals surface area (Å²) in [5.74, 6) is 0.507. The van der Waals surface area contributed by atoms with Gasteiger partial charge in [0.25, 0.3) is 0 Å². The summed E-state index contributed by atoms with van der Waals surface area (Å²) in [6.07, 6.45) is 8.05. The van der Waals surface area contributed by atoms with Crippen LogP contribution in [-0.4, -0.2) is 5.60 Å². The Bertz CT molecular complexity index is 449. The molecule has 1 heterocycles. The van der Waals surface area contributed by atoms with Crippen molar-refractivity contribution in [3.05, 3.63) is 29.6 Å². The molecule has 2 nitrogen and oxygen atoms in total. The largest absolute Gasteiger partial charge is 0.487 e. The van der Waals surface area contributed by atoms with Crippen LogP contribution in [0.5, 0.6) is 5.75 Å². The van der Waals surface area contributed by atoms with Gasteiger partial charge in [-0.2, -0.15) is 0 Å². The van der Waals surface area contributed by atoms with Gasteiger partial charge in [-0.1, -0.05) is 32.6 Å². The summed E-state index contributed by atoms with van der Waals surface area (Å²) < 4.78 is 19.4. The Morgan fingerprint density at radius 2 is 2.05 bits per heavy atom. The number of unbranched alkanes of at least 4 members (excludes halogenated alkanes) is 4. The van der Waals surface area contributed by atoms with Crippen molar-refractivity contribution < 1.29 is 9.13 Å². The van der Waals surface area contributed by atoms with E-state index in [9.17, 15) is 4.39 Å². The van der Waals surface area contributed by atoms with Gasteiger partial charge in [-0.3, -0.25) is 0 Å². The number of nitrogens with two attached hydrogens (primary N) is 1. The van der Waals surface area contributed by atoms with Crippen molar-refractivity contribution in [3.8, 4) is 5.75 Å². The number of rotatable bonds is 6. The molecular weight excluding hydrogens is 253 g/mol. The minimum Gasteiger partial charge on any atom is -0.487 e. The van der Waals surface area contributed by atoms with Gasteiger partial charge in [-0.25, -0.2) is 4.39 Å². The number of ether oxygens (including phenoxy) is 1. The molecule has 1 aromatic carbocycles. The second-order valence-electron chi connectivity index (χ2n) is 6.21. The van der Waals surface area contributed by atoms with E-state index in [1.54, 1.807) is 6.07 Å². The maximum absolute atomic E-state index is 13.3. The maximum atomic E-state index is 13.3. The smallest absolute Gasteiger partial charge is 0.125 e. The summed E-state index contributed by atoms with van der Waals surface area (Å²) in [6, 6.07) is 4.52. The van der Waals surface area contributed by atoms with Crippen LogP contribution >= 0.6 is 0 Å². The van der Waals surface area contributed by atoms with Crippen molar-refractivity contribution >= 4 is 0 Å². The molecule has 112 valence electrons. The lowest BCUT2D eigenvalue weighted by atomic mass is 9.85. The molecule has 0 saturated carbocycles. The first-order valence-corrected chi connectivity index (χ1v) is 7.78. The fourth-order valence-electron chi connectivity index (χ4n) is 3.04. The summed E-state index contributed by atoms with van der Waals surface area (Å²) in [6.45, 7) is 4.35. The molecule has 2 rings (SSSR count). The van der Waals surface area contributed by atoms with Gasteiger partial charge in [0.15, 0.2) is 0 Å². The summed E-state index contributed by atoms with van der Waals surface area (Å²) in [7, 11) is 0. The van der Waals surface area contributed by atoms with Crippen molar-refractivity contribution in [2.24, 2.45) is 5.73 Å². The van der Waals surface area contributed by atoms with Gasteiger partial charge in [0.1, 0.15) is 17.2 Å². The highest BCUT2D eigenvalue weighted by Gasteiger charge is 2.35. The highest BCUT2D eigenvalue weighted by molar-refractivity contribution is 5.39. The Kier molecular flexibility index (Phi) is 5.03. The lowest BCUT2D eigenvalue weighted by Gasteiger charge is -2.39. The fraction of sp³-hybridized carbons (Fsp3) is 0.647. The Hall–Kier alpha value is -1.09. The molecule has 1 aliphatic heterocycles. The molecule has 0 amide bonds. The lowest BCUT2D eigenvalue weighted by molar-refractivity contribution is 0.0428. The van der Waals surface area contributed by atoms with Gasteiger partial charge < -0.3 is 10.5 Å². The van der Waals surface area contributed by atoms with Crippen LogP contribution in [0.25, 0.3) is 0 Å². The van der Waals surface area contributed by atoms with Crippen LogP contribution in [-0.2, 0) is 0 Å². The van der Waals surface area contributed by atoms with Crippen LogP contribution in [0, 0.1) is 5.82 Å². The van der Waals surface area contributed by atoms with Gasteiger partial charge >= 0.3 is 0 Å². The first-order chi connectivity index (χ1) is 9.54. The van der Waals surface area contributed by atoms with Crippen molar-refractivity contribution in [2.45, 2.75) is 70.4 Å². The van der Waals surface area contributed by atoms with E-state index in [2.05, 4.69) is 13.8 Å². The van der Waals surface area contributed by atoms with E-state index in [4.69, 9.17) is 10.5 Å². The second-order valence-corrected chi connectivity index (χ2v) is 6.21. The number of hydrogen-bond donors (Lipinski definition) is 1. The van der Waals surface area contributed by atoms with Crippen molar-refractivity contribution in [1.82, 2.24) is 0 Å². The summed E-state index contributed by atoms with van der Waals surface area (Å²) in [4.78, 5) is 0. The highest BCUT2D eigenvalue weighted by Crippen LogP contribution is 2.40. The SMILES string of the molecule is CCCCCCCC1(C)C[C@@H](N)c2cc(F)ccc2O1. The molecular formula is C17H26FNO. The summed E-state index contributed by atoms with van der Waals surface area (Å²) in [5, 5.41) is 0. The topological polar surface area (TPSA) is 35.2 Å². The van der Waals surface area contributed by atoms with Crippen LogP contribution in [0.1, 0.15) is 70.4 Å².